The third-order valence-corrected chi connectivity index (χ3v) is 4.63. The number of carbonyl (C=O) groups excluding carboxylic acids is 2. The molecule has 10 nitrogen and oxygen atoms in total. The summed E-state index contributed by atoms with van der Waals surface area (Å²) in [6.45, 7) is 14.8. The lowest BCUT2D eigenvalue weighted by atomic mass is 10.2. The normalized spacial score (nSPS) is 14.4. The van der Waals surface area contributed by atoms with E-state index in [2.05, 4.69) is 27.9 Å². The number of anilines is 1. The number of carbonyl (C=O) groups is 2. The molecule has 1 fully saturated rings. The summed E-state index contributed by atoms with van der Waals surface area (Å²) < 4.78 is 12.4. The number of rotatable bonds is 4. The van der Waals surface area contributed by atoms with Gasteiger partial charge in [0.25, 0.3) is 0 Å². The van der Waals surface area contributed by atoms with Crippen molar-refractivity contribution < 1.29 is 19.1 Å². The van der Waals surface area contributed by atoms with Gasteiger partial charge in [-0.3, -0.25) is 4.57 Å². The van der Waals surface area contributed by atoms with Gasteiger partial charge in [-0.1, -0.05) is 5.92 Å². The lowest BCUT2D eigenvalue weighted by molar-refractivity contribution is 0.0239. The van der Waals surface area contributed by atoms with Crippen LogP contribution in [0.2, 0.25) is 0 Å². The molecule has 2 rings (SSSR count). The number of aliphatic imine (C=N–C) groups is 1. The van der Waals surface area contributed by atoms with Crippen molar-refractivity contribution >= 4 is 24.3 Å². The zero-order valence-electron chi connectivity index (χ0n) is 21.1. The van der Waals surface area contributed by atoms with Gasteiger partial charge in [-0.05, 0) is 48.5 Å². The first-order chi connectivity index (χ1) is 15.8. The van der Waals surface area contributed by atoms with Crippen LogP contribution in [-0.4, -0.2) is 70.2 Å². The average molecular weight is 471 g/mol. The molecule has 2 heterocycles. The molecule has 0 bridgehead atoms. The van der Waals surface area contributed by atoms with E-state index in [4.69, 9.17) is 9.47 Å². The Kier molecular flexibility index (Phi) is 8.69. The molecule has 1 aromatic rings. The van der Waals surface area contributed by atoms with Crippen molar-refractivity contribution in [3.8, 4) is 17.9 Å². The minimum Gasteiger partial charge on any atom is -0.444 e. The highest BCUT2D eigenvalue weighted by molar-refractivity contribution is 5.80. The summed E-state index contributed by atoms with van der Waals surface area (Å²) in [4.78, 5) is 36.4. The first-order valence-corrected chi connectivity index (χ1v) is 11.2. The molecule has 0 aliphatic carbocycles. The number of hydrogen-bond acceptors (Lipinski definition) is 7. The van der Waals surface area contributed by atoms with Crippen molar-refractivity contribution in [1.82, 2.24) is 14.5 Å². The van der Waals surface area contributed by atoms with Crippen molar-refractivity contribution in [2.24, 2.45) is 4.99 Å². The van der Waals surface area contributed by atoms with Gasteiger partial charge in [0.2, 0.25) is 5.95 Å². The quantitative estimate of drug-likeness (QED) is 0.490. The maximum atomic E-state index is 12.4. The molecular weight excluding hydrogens is 436 g/mol. The highest BCUT2D eigenvalue weighted by Crippen LogP contribution is 2.22. The van der Waals surface area contributed by atoms with E-state index in [1.54, 1.807) is 37.2 Å². The second kappa shape index (κ2) is 11.1. The van der Waals surface area contributed by atoms with Crippen LogP contribution in [0.3, 0.4) is 0 Å². The van der Waals surface area contributed by atoms with Crippen LogP contribution in [0.4, 0.5) is 15.5 Å². The van der Waals surface area contributed by atoms with E-state index >= 15 is 0 Å². The van der Waals surface area contributed by atoms with Crippen LogP contribution in [0, 0.1) is 23.2 Å². The standard InChI is InChI=1S/C24H34N6O4/c1-8-9-12-30-19(17-25)18(10-11-26-21(31)33-23(2,3)4)27-20(30)28-13-15-29(16-14-28)22(32)34-24(5,6)7/h11H,10,12-16H2,1-7H3. The van der Waals surface area contributed by atoms with E-state index in [9.17, 15) is 14.9 Å². The van der Waals surface area contributed by atoms with E-state index in [0.717, 1.165) is 0 Å². The second-order valence-corrected chi connectivity index (χ2v) is 9.78. The monoisotopic (exact) mass is 470 g/mol. The van der Waals surface area contributed by atoms with Crippen LogP contribution in [0.5, 0.6) is 0 Å². The van der Waals surface area contributed by atoms with Crippen LogP contribution in [-0.2, 0) is 22.4 Å². The molecule has 34 heavy (non-hydrogen) atoms. The summed E-state index contributed by atoms with van der Waals surface area (Å²) in [5.74, 6) is 6.44. The smallest absolute Gasteiger partial charge is 0.433 e. The summed E-state index contributed by atoms with van der Waals surface area (Å²) in [6.07, 6.45) is 0.557. The van der Waals surface area contributed by atoms with E-state index < -0.39 is 17.3 Å². The minimum absolute atomic E-state index is 0.194. The molecular formula is C24H34N6O4. The molecule has 0 radical (unpaired) electrons. The zero-order valence-corrected chi connectivity index (χ0v) is 21.1. The van der Waals surface area contributed by atoms with Crippen LogP contribution in [0.1, 0.15) is 59.9 Å². The van der Waals surface area contributed by atoms with Crippen molar-refractivity contribution in [3.63, 3.8) is 0 Å². The zero-order chi connectivity index (χ0) is 25.5. The molecule has 10 heteroatoms. The number of piperazine rings is 1. The van der Waals surface area contributed by atoms with Gasteiger partial charge in [-0.15, -0.1) is 5.92 Å². The van der Waals surface area contributed by atoms with Crippen LogP contribution in [0.15, 0.2) is 4.99 Å². The maximum absolute atomic E-state index is 12.4. The molecule has 184 valence electrons. The SMILES string of the molecule is CC#CCn1c(N2CCN(C(=O)OC(C)(C)C)CC2)nc(CC=NC(=O)OC(C)(C)C)c1C#N. The van der Waals surface area contributed by atoms with Crippen molar-refractivity contribution in [1.29, 1.82) is 5.26 Å². The van der Waals surface area contributed by atoms with Crippen molar-refractivity contribution in [2.75, 3.05) is 31.1 Å². The Morgan fingerprint density at radius 1 is 1.09 bits per heavy atom. The van der Waals surface area contributed by atoms with Gasteiger partial charge in [0, 0.05) is 38.8 Å². The number of amides is 2. The third-order valence-electron chi connectivity index (χ3n) is 4.63. The van der Waals surface area contributed by atoms with Crippen molar-refractivity contribution in [3.05, 3.63) is 11.4 Å². The molecule has 1 aromatic heterocycles. The van der Waals surface area contributed by atoms with Crippen LogP contribution in [0.25, 0.3) is 0 Å². The fourth-order valence-corrected chi connectivity index (χ4v) is 3.22. The first-order valence-electron chi connectivity index (χ1n) is 11.2. The Balaban J connectivity index is 2.20. The molecule has 1 saturated heterocycles. The highest BCUT2D eigenvalue weighted by Gasteiger charge is 2.29. The van der Waals surface area contributed by atoms with Gasteiger partial charge in [-0.25, -0.2) is 14.6 Å². The predicted molar refractivity (Wildman–Crippen MR) is 129 cm³/mol. The molecule has 0 spiro atoms. The average Bonchev–Trinajstić information content (AvgIpc) is 3.07. The Hall–Kier alpha value is -3.53. The fraction of sp³-hybridized carbons (Fsp3) is 0.625. The number of ether oxygens (including phenoxy) is 2. The second-order valence-electron chi connectivity index (χ2n) is 9.78. The van der Waals surface area contributed by atoms with Crippen LogP contribution < -0.4 is 4.90 Å². The van der Waals surface area contributed by atoms with E-state index in [0.29, 0.717) is 50.1 Å². The molecule has 0 aromatic carbocycles. The molecule has 1 aliphatic heterocycles. The third kappa shape index (κ3) is 7.80. The summed E-state index contributed by atoms with van der Waals surface area (Å²) >= 11 is 0. The summed E-state index contributed by atoms with van der Waals surface area (Å²) in [5.41, 5.74) is -0.331. The summed E-state index contributed by atoms with van der Waals surface area (Å²) in [5, 5.41) is 9.81. The first kappa shape index (κ1) is 26.7. The predicted octanol–water partition coefficient (Wildman–Crippen LogP) is 3.38. The Labute approximate surface area is 201 Å². The molecule has 0 saturated carbocycles. The molecule has 0 unspecified atom stereocenters. The van der Waals surface area contributed by atoms with Gasteiger partial charge in [0.05, 0.1) is 12.2 Å². The highest BCUT2D eigenvalue weighted by atomic mass is 16.6. The fourth-order valence-electron chi connectivity index (χ4n) is 3.22. The number of aromatic nitrogens is 2. The van der Waals surface area contributed by atoms with Crippen LogP contribution >= 0.6 is 0 Å². The summed E-state index contributed by atoms with van der Waals surface area (Å²) in [6, 6.07) is 2.21. The minimum atomic E-state index is -0.694. The lowest BCUT2D eigenvalue weighted by Crippen LogP contribution is -2.50. The number of imidazole rings is 1. The molecule has 1 aliphatic rings. The number of nitriles is 1. The Morgan fingerprint density at radius 3 is 2.24 bits per heavy atom. The summed E-state index contributed by atoms with van der Waals surface area (Å²) in [7, 11) is 0. The Morgan fingerprint density at radius 2 is 1.71 bits per heavy atom. The largest absolute Gasteiger partial charge is 0.444 e. The van der Waals surface area contributed by atoms with Gasteiger partial charge in [0.1, 0.15) is 23.0 Å². The van der Waals surface area contributed by atoms with E-state index in [1.807, 2.05) is 25.7 Å². The molecule has 0 atom stereocenters. The number of nitrogens with zero attached hydrogens (tertiary/aromatic N) is 6. The van der Waals surface area contributed by atoms with E-state index in [-0.39, 0.29) is 12.5 Å². The topological polar surface area (TPSA) is 113 Å². The Bertz CT molecular complexity index is 1020. The lowest BCUT2D eigenvalue weighted by Gasteiger charge is -2.36. The van der Waals surface area contributed by atoms with Gasteiger partial charge in [0.15, 0.2) is 0 Å². The van der Waals surface area contributed by atoms with E-state index in [1.165, 1.54) is 6.21 Å². The maximum Gasteiger partial charge on any atom is 0.433 e. The molecule has 2 amide bonds. The van der Waals surface area contributed by atoms with Gasteiger partial charge in [-0.2, -0.15) is 10.3 Å². The number of hydrogen-bond donors (Lipinski definition) is 0. The van der Waals surface area contributed by atoms with Gasteiger partial charge < -0.3 is 19.3 Å². The van der Waals surface area contributed by atoms with Crippen molar-refractivity contribution in [2.45, 2.75) is 72.6 Å². The van der Waals surface area contributed by atoms with Gasteiger partial charge >= 0.3 is 12.2 Å². The molecule has 0 N–H and O–H groups in total.